The lowest BCUT2D eigenvalue weighted by atomic mass is 9.74. The molecule has 0 aromatic heterocycles. The average Bonchev–Trinajstić information content (AvgIpc) is 2.84. The van der Waals surface area contributed by atoms with Gasteiger partial charge in [-0.25, -0.2) is 8.42 Å². The largest absolute Gasteiger partial charge is 0.304 e. The minimum Gasteiger partial charge on any atom is -0.304 e. The molecule has 2 aliphatic heterocycles. The van der Waals surface area contributed by atoms with Crippen molar-refractivity contribution in [1.29, 1.82) is 5.26 Å². The molecule has 32 heavy (non-hydrogen) atoms. The van der Waals surface area contributed by atoms with Gasteiger partial charge in [-0.15, -0.1) is 0 Å². The number of benzene rings is 2. The third kappa shape index (κ3) is 4.95. The maximum atomic E-state index is 12.8. The van der Waals surface area contributed by atoms with E-state index in [0.29, 0.717) is 29.7 Å². The summed E-state index contributed by atoms with van der Waals surface area (Å²) in [5.74, 6) is 0.380. The van der Waals surface area contributed by atoms with Gasteiger partial charge in [0.1, 0.15) is 0 Å². The van der Waals surface area contributed by atoms with E-state index in [9.17, 15) is 18.5 Å². The minimum atomic E-state index is -3.20. The Balaban J connectivity index is 1.38. The molecule has 1 aliphatic carbocycles. The number of piperidine rings is 2. The van der Waals surface area contributed by atoms with Crippen LogP contribution in [0, 0.1) is 23.2 Å². The van der Waals surface area contributed by atoms with E-state index in [-0.39, 0.29) is 23.5 Å². The molecule has 2 heterocycles. The molecule has 3 aliphatic rings. The number of nitriles is 1. The van der Waals surface area contributed by atoms with Crippen LogP contribution in [0.25, 0.3) is 11.1 Å². The Morgan fingerprint density at radius 1 is 1.03 bits per heavy atom. The fraction of sp³-hybridized carbons (Fsp3) is 0.462. The number of ketones is 1. The van der Waals surface area contributed by atoms with Crippen LogP contribution >= 0.6 is 0 Å². The molecule has 0 unspecified atom stereocenters. The van der Waals surface area contributed by atoms with Crippen molar-refractivity contribution in [3.63, 3.8) is 0 Å². The highest BCUT2D eigenvalue weighted by Gasteiger charge is 2.39. The minimum absolute atomic E-state index is 0.0692. The first-order valence-corrected chi connectivity index (χ1v) is 13.2. The van der Waals surface area contributed by atoms with Crippen LogP contribution in [-0.2, 0) is 21.1 Å². The van der Waals surface area contributed by atoms with Gasteiger partial charge in [0.25, 0.3) is 0 Å². The molecule has 3 fully saturated rings. The number of sulfone groups is 1. The van der Waals surface area contributed by atoms with Crippen molar-refractivity contribution in [3.05, 3.63) is 54.1 Å². The molecule has 6 heteroatoms. The first-order valence-electron chi connectivity index (χ1n) is 11.5. The van der Waals surface area contributed by atoms with Crippen LogP contribution in [0.1, 0.15) is 44.6 Å². The molecule has 2 bridgehead atoms. The summed E-state index contributed by atoms with van der Waals surface area (Å²) >= 11 is 0. The molecular weight excluding hydrogens is 420 g/mol. The van der Waals surface area contributed by atoms with E-state index in [0.717, 1.165) is 29.5 Å². The highest BCUT2D eigenvalue weighted by atomic mass is 32.2. The molecule has 168 valence electrons. The monoisotopic (exact) mass is 450 g/mol. The Kier molecular flexibility index (Phi) is 6.78. The van der Waals surface area contributed by atoms with Crippen molar-refractivity contribution in [1.82, 2.24) is 5.32 Å². The molecule has 0 spiro atoms. The van der Waals surface area contributed by atoms with Crippen molar-refractivity contribution >= 4 is 15.6 Å². The Morgan fingerprint density at radius 3 is 2.12 bits per heavy atom. The molecule has 0 radical (unpaired) electrons. The summed E-state index contributed by atoms with van der Waals surface area (Å²) in [4.78, 5) is 13.2. The number of fused-ring (bicyclic) bond motifs is 3. The maximum absolute atomic E-state index is 12.8. The van der Waals surface area contributed by atoms with E-state index in [1.807, 2.05) is 36.4 Å². The Morgan fingerprint density at radius 2 is 1.62 bits per heavy atom. The van der Waals surface area contributed by atoms with Crippen molar-refractivity contribution < 1.29 is 13.2 Å². The van der Waals surface area contributed by atoms with Gasteiger partial charge < -0.3 is 5.32 Å². The molecule has 2 aromatic carbocycles. The lowest BCUT2D eigenvalue weighted by molar-refractivity contribution is -0.125. The number of carbonyl (C=O) groups is 1. The second-order valence-corrected chi connectivity index (χ2v) is 11.4. The van der Waals surface area contributed by atoms with E-state index < -0.39 is 9.84 Å². The number of Topliss-reactive ketones (excluding diaryl/α,β-unsaturated/α-hetero) is 1. The van der Waals surface area contributed by atoms with Gasteiger partial charge in [0.15, 0.2) is 15.6 Å². The second kappa shape index (κ2) is 9.56. The third-order valence-corrected chi connectivity index (χ3v) is 8.75. The molecule has 5 rings (SSSR count). The predicted octanol–water partition coefficient (Wildman–Crippen LogP) is 4.32. The van der Waals surface area contributed by atoms with Crippen LogP contribution in [0.3, 0.4) is 0 Å². The first-order chi connectivity index (χ1) is 15.4. The summed E-state index contributed by atoms with van der Waals surface area (Å²) in [6.07, 6.45) is 5.43. The van der Waals surface area contributed by atoms with Gasteiger partial charge in [-0.2, -0.15) is 5.26 Å². The highest BCUT2D eigenvalue weighted by Crippen LogP contribution is 2.34. The first kappa shape index (κ1) is 22.7. The second-order valence-electron chi connectivity index (χ2n) is 9.08. The third-order valence-electron chi connectivity index (χ3n) is 7.00. The van der Waals surface area contributed by atoms with Gasteiger partial charge in [0, 0.05) is 12.5 Å². The summed E-state index contributed by atoms with van der Waals surface area (Å²) in [5, 5.41) is 13.1. The summed E-state index contributed by atoms with van der Waals surface area (Å²) in [6, 6.07) is 17.6. The van der Waals surface area contributed by atoms with Crippen LogP contribution < -0.4 is 5.32 Å². The summed E-state index contributed by atoms with van der Waals surface area (Å²) in [6.45, 7) is 1.64. The van der Waals surface area contributed by atoms with Gasteiger partial charge in [-0.05, 0) is 66.8 Å². The number of hydrogen-bond donors (Lipinski definition) is 1. The fourth-order valence-electron chi connectivity index (χ4n) is 5.04. The number of nitrogens with zero attached hydrogens (tertiary/aromatic N) is 1. The Labute approximate surface area is 190 Å². The maximum Gasteiger partial charge on any atom is 0.178 e. The van der Waals surface area contributed by atoms with E-state index in [1.54, 1.807) is 19.1 Å². The number of rotatable bonds is 8. The fourth-order valence-corrected chi connectivity index (χ4v) is 5.92. The molecule has 2 saturated heterocycles. The van der Waals surface area contributed by atoms with Gasteiger partial charge in [-0.3, -0.25) is 4.79 Å². The molecule has 0 amide bonds. The van der Waals surface area contributed by atoms with E-state index in [4.69, 9.17) is 0 Å². The SMILES string of the molecule is CCS(=O)(=O)c1ccc(-c2ccc(C[C@@H](C#N)CC(=O)[C@H]3NC4CCC3CC4)cc2)cc1. The van der Waals surface area contributed by atoms with Gasteiger partial charge in [-0.1, -0.05) is 43.3 Å². The van der Waals surface area contributed by atoms with Crippen LogP contribution in [0.2, 0.25) is 0 Å². The quantitative estimate of drug-likeness (QED) is 0.647. The topological polar surface area (TPSA) is 87.0 Å². The molecule has 1 saturated carbocycles. The van der Waals surface area contributed by atoms with Crippen LogP contribution in [0.4, 0.5) is 0 Å². The van der Waals surface area contributed by atoms with Crippen molar-refractivity contribution in [2.24, 2.45) is 11.8 Å². The highest BCUT2D eigenvalue weighted by molar-refractivity contribution is 7.91. The lowest BCUT2D eigenvalue weighted by Gasteiger charge is -2.43. The Bertz CT molecular complexity index is 1090. The predicted molar refractivity (Wildman–Crippen MR) is 125 cm³/mol. The van der Waals surface area contributed by atoms with Crippen molar-refractivity contribution in [3.8, 4) is 17.2 Å². The molecule has 1 N–H and O–H groups in total. The number of carbonyl (C=O) groups excluding carboxylic acids is 1. The van der Waals surface area contributed by atoms with Gasteiger partial charge in [0.2, 0.25) is 0 Å². The number of nitrogens with one attached hydrogen (secondary N) is 1. The average molecular weight is 451 g/mol. The standard InChI is InChI=1S/C26H30N2O3S/c1-2-32(30,31)24-13-9-21(10-14-24)20-5-3-18(4-6-20)15-19(17-27)16-25(29)26-22-7-11-23(28-26)12-8-22/h3-6,9-10,13-14,19,22-23,26,28H,2,7-8,11-12,15-16H2,1H3/t19-,22?,23?,26+/m1/s1. The van der Waals surface area contributed by atoms with Gasteiger partial charge in [0.05, 0.1) is 28.7 Å². The number of hydrogen-bond acceptors (Lipinski definition) is 5. The van der Waals surface area contributed by atoms with Crippen LogP contribution in [0.15, 0.2) is 53.4 Å². The summed E-state index contributed by atoms with van der Waals surface area (Å²) in [7, 11) is -3.20. The normalized spacial score (nSPS) is 23.4. The Hall–Kier alpha value is -2.49. The molecule has 2 aromatic rings. The van der Waals surface area contributed by atoms with Crippen LogP contribution in [-0.4, -0.2) is 32.0 Å². The zero-order valence-corrected chi connectivity index (χ0v) is 19.3. The van der Waals surface area contributed by atoms with Crippen LogP contribution in [0.5, 0.6) is 0 Å². The van der Waals surface area contributed by atoms with Gasteiger partial charge >= 0.3 is 0 Å². The zero-order chi connectivity index (χ0) is 22.7. The zero-order valence-electron chi connectivity index (χ0n) is 18.5. The molecular formula is C26H30N2O3S. The molecule has 2 atom stereocenters. The molecule has 5 nitrogen and oxygen atoms in total. The summed E-state index contributed by atoms with van der Waals surface area (Å²) in [5.41, 5.74) is 2.95. The van der Waals surface area contributed by atoms with Crippen molar-refractivity contribution in [2.45, 2.75) is 62.4 Å². The van der Waals surface area contributed by atoms with E-state index in [1.165, 1.54) is 12.8 Å². The van der Waals surface area contributed by atoms with Crippen molar-refractivity contribution in [2.75, 3.05) is 5.75 Å². The smallest absolute Gasteiger partial charge is 0.178 e. The summed E-state index contributed by atoms with van der Waals surface area (Å²) < 4.78 is 24.0. The van der Waals surface area contributed by atoms with E-state index >= 15 is 0 Å². The van der Waals surface area contributed by atoms with E-state index in [2.05, 4.69) is 11.4 Å². The lowest BCUT2D eigenvalue weighted by Crippen LogP contribution is -2.56.